The van der Waals surface area contributed by atoms with Crippen LogP contribution in [0, 0.1) is 0 Å². The van der Waals surface area contributed by atoms with Crippen molar-refractivity contribution >= 4 is 11.9 Å². The molecule has 0 aromatic carbocycles. The Labute approximate surface area is 91.9 Å². The molecule has 2 N–H and O–H groups in total. The number of carboxylic acid groups (broad SMARTS) is 1. The summed E-state index contributed by atoms with van der Waals surface area (Å²) in [6, 6.07) is 0. The van der Waals surface area contributed by atoms with Crippen molar-refractivity contribution < 1.29 is 34.0 Å². The van der Waals surface area contributed by atoms with Gasteiger partial charge < -0.3 is 24.4 Å². The van der Waals surface area contributed by atoms with Gasteiger partial charge in [-0.1, -0.05) is 0 Å². The van der Waals surface area contributed by atoms with Gasteiger partial charge in [0, 0.05) is 0 Å². The molecule has 1 saturated heterocycles. The SMILES string of the molecule is O=C(O)CCC(=O)OCC1COC(CO)O1. The molecule has 0 spiro atoms. The van der Waals surface area contributed by atoms with Crippen LogP contribution >= 0.6 is 0 Å². The quantitative estimate of drug-likeness (QED) is 0.576. The Morgan fingerprint density at radius 3 is 2.69 bits per heavy atom. The monoisotopic (exact) mass is 234 g/mol. The van der Waals surface area contributed by atoms with Gasteiger partial charge in [-0.3, -0.25) is 9.59 Å². The molecule has 0 amide bonds. The Kier molecular flexibility index (Phi) is 5.17. The zero-order valence-corrected chi connectivity index (χ0v) is 8.63. The molecule has 92 valence electrons. The van der Waals surface area contributed by atoms with E-state index < -0.39 is 24.3 Å². The van der Waals surface area contributed by atoms with Gasteiger partial charge in [0.05, 0.1) is 26.1 Å². The Balaban J connectivity index is 2.10. The van der Waals surface area contributed by atoms with Crippen LogP contribution in [0.2, 0.25) is 0 Å². The first kappa shape index (κ1) is 12.9. The summed E-state index contributed by atoms with van der Waals surface area (Å²) in [4.78, 5) is 21.2. The largest absolute Gasteiger partial charge is 0.481 e. The first-order valence-corrected chi connectivity index (χ1v) is 4.87. The van der Waals surface area contributed by atoms with Gasteiger partial charge in [0.15, 0.2) is 6.29 Å². The normalized spacial score (nSPS) is 24.3. The molecule has 7 heteroatoms. The molecule has 7 nitrogen and oxygen atoms in total. The van der Waals surface area contributed by atoms with E-state index in [1.54, 1.807) is 0 Å². The Morgan fingerprint density at radius 2 is 2.12 bits per heavy atom. The van der Waals surface area contributed by atoms with Crippen molar-refractivity contribution in [3.63, 3.8) is 0 Å². The third-order valence-electron chi connectivity index (χ3n) is 1.93. The molecule has 16 heavy (non-hydrogen) atoms. The first-order chi connectivity index (χ1) is 7.61. The number of hydrogen-bond acceptors (Lipinski definition) is 6. The molecule has 0 radical (unpaired) electrons. The molecule has 1 aliphatic rings. The average Bonchev–Trinajstić information content (AvgIpc) is 2.71. The maximum Gasteiger partial charge on any atom is 0.306 e. The number of aliphatic carboxylic acids is 1. The lowest BCUT2D eigenvalue weighted by atomic mass is 10.3. The minimum absolute atomic E-state index is 0.00888. The second-order valence-corrected chi connectivity index (χ2v) is 3.28. The second-order valence-electron chi connectivity index (χ2n) is 3.28. The number of carbonyl (C=O) groups excluding carboxylic acids is 1. The van der Waals surface area contributed by atoms with E-state index >= 15 is 0 Å². The van der Waals surface area contributed by atoms with Gasteiger partial charge in [-0.2, -0.15) is 0 Å². The van der Waals surface area contributed by atoms with Crippen LogP contribution in [0.5, 0.6) is 0 Å². The summed E-state index contributed by atoms with van der Waals surface area (Å²) in [6.45, 7) is 0.00977. The lowest BCUT2D eigenvalue weighted by Gasteiger charge is -2.09. The Bertz CT molecular complexity index is 252. The molecule has 1 heterocycles. The van der Waals surface area contributed by atoms with E-state index in [-0.39, 0.29) is 32.7 Å². The highest BCUT2D eigenvalue weighted by atomic mass is 16.7. The Morgan fingerprint density at radius 1 is 1.38 bits per heavy atom. The van der Waals surface area contributed by atoms with Gasteiger partial charge in [0.25, 0.3) is 0 Å². The maximum atomic E-state index is 11.0. The fourth-order valence-electron chi connectivity index (χ4n) is 1.16. The fourth-order valence-corrected chi connectivity index (χ4v) is 1.16. The second kappa shape index (κ2) is 6.41. The molecule has 0 aromatic heterocycles. The van der Waals surface area contributed by atoms with Crippen LogP contribution in [0.4, 0.5) is 0 Å². The topological polar surface area (TPSA) is 102 Å². The lowest BCUT2D eigenvalue weighted by Crippen LogP contribution is -2.22. The van der Waals surface area contributed by atoms with Crippen molar-refractivity contribution in [3.05, 3.63) is 0 Å². The van der Waals surface area contributed by atoms with E-state index in [0.717, 1.165) is 0 Å². The minimum atomic E-state index is -1.04. The van der Waals surface area contributed by atoms with Crippen molar-refractivity contribution in [1.29, 1.82) is 0 Å². The third kappa shape index (κ3) is 4.56. The summed E-state index contributed by atoms with van der Waals surface area (Å²) in [5.41, 5.74) is 0. The van der Waals surface area contributed by atoms with E-state index in [1.165, 1.54) is 0 Å². The summed E-state index contributed by atoms with van der Waals surface area (Å²) >= 11 is 0. The maximum absolute atomic E-state index is 11.0. The summed E-state index contributed by atoms with van der Waals surface area (Å²) in [6.07, 6.45) is -1.47. The van der Waals surface area contributed by atoms with Crippen molar-refractivity contribution in [3.8, 4) is 0 Å². The molecular formula is C9H14O7. The molecule has 2 atom stereocenters. The lowest BCUT2D eigenvalue weighted by molar-refractivity contribution is -0.151. The van der Waals surface area contributed by atoms with Gasteiger partial charge in [0.1, 0.15) is 12.7 Å². The van der Waals surface area contributed by atoms with Crippen LogP contribution in [0.3, 0.4) is 0 Å². The Hall–Kier alpha value is -1.18. The van der Waals surface area contributed by atoms with Crippen molar-refractivity contribution in [2.75, 3.05) is 19.8 Å². The van der Waals surface area contributed by atoms with Crippen LogP contribution < -0.4 is 0 Å². The summed E-state index contributed by atoms with van der Waals surface area (Å²) < 4.78 is 14.9. The van der Waals surface area contributed by atoms with Crippen LogP contribution in [0.25, 0.3) is 0 Å². The number of hydrogen-bond donors (Lipinski definition) is 2. The molecule has 0 bridgehead atoms. The zero-order chi connectivity index (χ0) is 12.0. The number of rotatable bonds is 6. The highest BCUT2D eigenvalue weighted by molar-refractivity contribution is 5.76. The molecule has 1 fully saturated rings. The number of aliphatic hydroxyl groups is 1. The number of aliphatic hydroxyl groups excluding tert-OH is 1. The zero-order valence-electron chi connectivity index (χ0n) is 8.63. The smallest absolute Gasteiger partial charge is 0.306 e. The number of carbonyl (C=O) groups is 2. The molecule has 0 aliphatic carbocycles. The van der Waals surface area contributed by atoms with Crippen LogP contribution in [0.15, 0.2) is 0 Å². The molecule has 0 aromatic rings. The van der Waals surface area contributed by atoms with Gasteiger partial charge in [0.2, 0.25) is 0 Å². The minimum Gasteiger partial charge on any atom is -0.481 e. The van der Waals surface area contributed by atoms with E-state index in [2.05, 4.69) is 0 Å². The van der Waals surface area contributed by atoms with Crippen LogP contribution in [0.1, 0.15) is 12.8 Å². The van der Waals surface area contributed by atoms with Gasteiger partial charge in [-0.25, -0.2) is 0 Å². The standard InChI is InChI=1S/C9H14O7/c10-3-9-15-5-6(16-9)4-14-8(13)2-1-7(11)12/h6,9-10H,1-5H2,(H,11,12). The third-order valence-corrected chi connectivity index (χ3v) is 1.93. The van der Waals surface area contributed by atoms with E-state index in [1.807, 2.05) is 0 Å². The van der Waals surface area contributed by atoms with Crippen LogP contribution in [-0.2, 0) is 23.8 Å². The molecule has 1 aliphatic heterocycles. The summed E-state index contributed by atoms with van der Waals surface area (Å²) in [7, 11) is 0. The van der Waals surface area contributed by atoms with Crippen molar-refractivity contribution in [1.82, 2.24) is 0 Å². The molecule has 0 saturated carbocycles. The van der Waals surface area contributed by atoms with Gasteiger partial charge in [-0.15, -0.1) is 0 Å². The highest BCUT2D eigenvalue weighted by Gasteiger charge is 2.26. The van der Waals surface area contributed by atoms with Gasteiger partial charge in [-0.05, 0) is 0 Å². The summed E-state index contributed by atoms with van der Waals surface area (Å²) in [5.74, 6) is -1.63. The number of ether oxygens (including phenoxy) is 3. The molecular weight excluding hydrogens is 220 g/mol. The summed E-state index contributed by atoms with van der Waals surface area (Å²) in [5, 5.41) is 17.0. The van der Waals surface area contributed by atoms with Gasteiger partial charge >= 0.3 is 11.9 Å². The average molecular weight is 234 g/mol. The van der Waals surface area contributed by atoms with Crippen LogP contribution in [-0.4, -0.2) is 54.4 Å². The molecule has 2 unspecified atom stereocenters. The number of carboxylic acids is 1. The van der Waals surface area contributed by atoms with E-state index in [4.69, 9.17) is 24.4 Å². The molecule has 1 rings (SSSR count). The first-order valence-electron chi connectivity index (χ1n) is 4.87. The van der Waals surface area contributed by atoms with Crippen molar-refractivity contribution in [2.24, 2.45) is 0 Å². The predicted molar refractivity (Wildman–Crippen MR) is 49.5 cm³/mol. The predicted octanol–water partition coefficient (Wildman–Crippen LogP) is -0.872. The van der Waals surface area contributed by atoms with Crippen molar-refractivity contribution in [2.45, 2.75) is 25.2 Å². The highest BCUT2D eigenvalue weighted by Crippen LogP contribution is 2.11. The van der Waals surface area contributed by atoms with E-state index in [9.17, 15) is 9.59 Å². The fraction of sp³-hybridized carbons (Fsp3) is 0.778. The number of esters is 1. The van der Waals surface area contributed by atoms with E-state index in [0.29, 0.717) is 0 Å².